The smallest absolute Gasteiger partial charge is 0.164 e. The second kappa shape index (κ2) is 6.66. The van der Waals surface area contributed by atoms with Gasteiger partial charge < -0.3 is 15.2 Å². The standard InChI is InChI=1S/C15H23NO4S/c1-3-12(16)9-11-5-4-6-14(19-2)15(11)20-13-7-8-21(17,18)10-13/h4-6,12-13H,3,7-10,16H2,1-2H3. The van der Waals surface area contributed by atoms with Crippen LogP contribution in [0.3, 0.4) is 0 Å². The largest absolute Gasteiger partial charge is 0.493 e. The van der Waals surface area contributed by atoms with Gasteiger partial charge in [-0.2, -0.15) is 0 Å². The summed E-state index contributed by atoms with van der Waals surface area (Å²) in [6, 6.07) is 5.72. The predicted molar refractivity (Wildman–Crippen MR) is 82.7 cm³/mol. The third-order valence-corrected chi connectivity index (χ3v) is 5.50. The Bertz CT molecular complexity index is 585. The Morgan fingerprint density at radius 1 is 1.43 bits per heavy atom. The number of hydrogen-bond acceptors (Lipinski definition) is 5. The Morgan fingerprint density at radius 2 is 2.19 bits per heavy atom. The van der Waals surface area contributed by atoms with Crippen LogP contribution >= 0.6 is 0 Å². The van der Waals surface area contributed by atoms with Crippen LogP contribution in [-0.4, -0.2) is 39.2 Å². The van der Waals surface area contributed by atoms with Crippen molar-refractivity contribution in [1.29, 1.82) is 0 Å². The van der Waals surface area contributed by atoms with Crippen LogP contribution in [-0.2, 0) is 16.3 Å². The van der Waals surface area contributed by atoms with E-state index < -0.39 is 9.84 Å². The zero-order valence-corrected chi connectivity index (χ0v) is 13.4. The normalized spacial score (nSPS) is 22.0. The summed E-state index contributed by atoms with van der Waals surface area (Å²) in [4.78, 5) is 0. The van der Waals surface area contributed by atoms with Crippen molar-refractivity contribution in [3.63, 3.8) is 0 Å². The fourth-order valence-corrected chi connectivity index (χ4v) is 4.05. The zero-order chi connectivity index (χ0) is 15.5. The van der Waals surface area contributed by atoms with Crippen molar-refractivity contribution in [2.45, 2.75) is 38.3 Å². The quantitative estimate of drug-likeness (QED) is 0.862. The Morgan fingerprint density at radius 3 is 2.76 bits per heavy atom. The lowest BCUT2D eigenvalue weighted by molar-refractivity contribution is 0.215. The van der Waals surface area contributed by atoms with E-state index >= 15 is 0 Å². The number of benzene rings is 1. The van der Waals surface area contributed by atoms with Crippen LogP contribution < -0.4 is 15.2 Å². The molecule has 2 N–H and O–H groups in total. The molecule has 0 amide bonds. The monoisotopic (exact) mass is 313 g/mol. The van der Waals surface area contributed by atoms with Gasteiger partial charge in [-0.1, -0.05) is 19.1 Å². The number of sulfone groups is 1. The molecule has 2 rings (SSSR count). The maximum absolute atomic E-state index is 11.6. The fraction of sp³-hybridized carbons (Fsp3) is 0.600. The third kappa shape index (κ3) is 4.11. The van der Waals surface area contributed by atoms with Crippen LogP contribution in [0.2, 0.25) is 0 Å². The molecular weight excluding hydrogens is 290 g/mol. The molecule has 1 saturated heterocycles. The van der Waals surface area contributed by atoms with E-state index in [0.29, 0.717) is 24.3 Å². The average Bonchev–Trinajstić information content (AvgIpc) is 2.79. The fourth-order valence-electron chi connectivity index (χ4n) is 2.46. The summed E-state index contributed by atoms with van der Waals surface area (Å²) in [5.41, 5.74) is 6.99. The van der Waals surface area contributed by atoms with E-state index in [0.717, 1.165) is 12.0 Å². The minimum atomic E-state index is -2.97. The van der Waals surface area contributed by atoms with Crippen molar-refractivity contribution < 1.29 is 17.9 Å². The van der Waals surface area contributed by atoms with Crippen molar-refractivity contribution in [3.05, 3.63) is 23.8 Å². The van der Waals surface area contributed by atoms with Crippen molar-refractivity contribution in [2.24, 2.45) is 5.73 Å². The summed E-state index contributed by atoms with van der Waals surface area (Å²) in [7, 11) is -1.39. The first kappa shape index (κ1) is 16.1. The van der Waals surface area contributed by atoms with Crippen LogP contribution in [0.25, 0.3) is 0 Å². The Hall–Kier alpha value is -1.27. The van der Waals surface area contributed by atoms with Gasteiger partial charge in [0.25, 0.3) is 0 Å². The Kier molecular flexibility index (Phi) is 5.11. The number of para-hydroxylation sites is 1. The Labute approximate surface area is 126 Å². The molecule has 0 radical (unpaired) electrons. The molecule has 21 heavy (non-hydrogen) atoms. The topological polar surface area (TPSA) is 78.6 Å². The van der Waals surface area contributed by atoms with Crippen LogP contribution in [0.1, 0.15) is 25.3 Å². The highest BCUT2D eigenvalue weighted by Gasteiger charge is 2.30. The molecule has 118 valence electrons. The lowest BCUT2D eigenvalue weighted by Gasteiger charge is -2.20. The molecule has 1 aliphatic rings. The molecule has 0 bridgehead atoms. The number of nitrogens with two attached hydrogens (primary N) is 1. The van der Waals surface area contributed by atoms with E-state index in [1.165, 1.54) is 0 Å². The highest BCUT2D eigenvalue weighted by atomic mass is 32.2. The number of methoxy groups -OCH3 is 1. The lowest BCUT2D eigenvalue weighted by Crippen LogP contribution is -2.23. The molecule has 1 aromatic rings. The maximum Gasteiger partial charge on any atom is 0.164 e. The molecule has 6 heteroatoms. The molecule has 1 aromatic carbocycles. The molecule has 0 saturated carbocycles. The summed E-state index contributed by atoms with van der Waals surface area (Å²) in [6.07, 6.45) is 1.78. The summed E-state index contributed by atoms with van der Waals surface area (Å²) in [5.74, 6) is 1.52. The molecule has 0 spiro atoms. The lowest BCUT2D eigenvalue weighted by atomic mass is 10.0. The molecule has 2 atom stereocenters. The third-order valence-electron chi connectivity index (χ3n) is 3.76. The average molecular weight is 313 g/mol. The van der Waals surface area contributed by atoms with E-state index in [1.807, 2.05) is 25.1 Å². The summed E-state index contributed by atoms with van der Waals surface area (Å²) < 4.78 is 34.4. The van der Waals surface area contributed by atoms with Gasteiger partial charge in [-0.15, -0.1) is 0 Å². The first-order valence-electron chi connectivity index (χ1n) is 7.23. The number of hydrogen-bond donors (Lipinski definition) is 1. The maximum atomic E-state index is 11.6. The van der Waals surface area contributed by atoms with Gasteiger partial charge in [0.05, 0.1) is 18.6 Å². The van der Waals surface area contributed by atoms with E-state index in [9.17, 15) is 8.42 Å². The molecule has 2 unspecified atom stereocenters. The highest BCUT2D eigenvalue weighted by molar-refractivity contribution is 7.91. The molecule has 0 aromatic heterocycles. The minimum Gasteiger partial charge on any atom is -0.493 e. The molecule has 1 heterocycles. The SMILES string of the molecule is CCC(N)Cc1cccc(OC)c1OC1CCS(=O)(=O)C1. The van der Waals surface area contributed by atoms with E-state index in [-0.39, 0.29) is 23.7 Å². The molecule has 0 aliphatic carbocycles. The minimum absolute atomic E-state index is 0.0479. The predicted octanol–water partition coefficient (Wildman–Crippen LogP) is 1.54. The molecular formula is C15H23NO4S. The van der Waals surface area contributed by atoms with Crippen molar-refractivity contribution >= 4 is 9.84 Å². The molecule has 1 fully saturated rings. The van der Waals surface area contributed by atoms with Gasteiger partial charge in [0.15, 0.2) is 21.3 Å². The van der Waals surface area contributed by atoms with Gasteiger partial charge >= 0.3 is 0 Å². The first-order chi connectivity index (χ1) is 9.95. The first-order valence-corrected chi connectivity index (χ1v) is 9.06. The highest BCUT2D eigenvalue weighted by Crippen LogP contribution is 2.34. The summed E-state index contributed by atoms with van der Waals surface area (Å²) in [5, 5.41) is 0. The zero-order valence-electron chi connectivity index (χ0n) is 12.5. The number of rotatable bonds is 6. The van der Waals surface area contributed by atoms with Gasteiger partial charge in [0.2, 0.25) is 0 Å². The second-order valence-corrected chi connectivity index (χ2v) is 7.69. The van der Waals surface area contributed by atoms with Crippen LogP contribution in [0.5, 0.6) is 11.5 Å². The van der Waals surface area contributed by atoms with E-state index in [4.69, 9.17) is 15.2 Å². The second-order valence-electron chi connectivity index (χ2n) is 5.46. The van der Waals surface area contributed by atoms with Gasteiger partial charge in [-0.05, 0) is 30.9 Å². The Balaban J connectivity index is 2.23. The van der Waals surface area contributed by atoms with Gasteiger partial charge in [0, 0.05) is 6.04 Å². The van der Waals surface area contributed by atoms with Crippen LogP contribution in [0.15, 0.2) is 18.2 Å². The van der Waals surface area contributed by atoms with Crippen LogP contribution in [0.4, 0.5) is 0 Å². The van der Waals surface area contributed by atoms with Crippen molar-refractivity contribution in [3.8, 4) is 11.5 Å². The molecule has 1 aliphatic heterocycles. The van der Waals surface area contributed by atoms with E-state index in [2.05, 4.69) is 0 Å². The van der Waals surface area contributed by atoms with Gasteiger partial charge in [-0.3, -0.25) is 0 Å². The summed E-state index contributed by atoms with van der Waals surface area (Å²) in [6.45, 7) is 2.04. The summed E-state index contributed by atoms with van der Waals surface area (Å²) >= 11 is 0. The van der Waals surface area contributed by atoms with Gasteiger partial charge in [0.1, 0.15) is 6.10 Å². The van der Waals surface area contributed by atoms with Gasteiger partial charge in [-0.25, -0.2) is 8.42 Å². The van der Waals surface area contributed by atoms with E-state index in [1.54, 1.807) is 7.11 Å². The molecule has 5 nitrogen and oxygen atoms in total. The van der Waals surface area contributed by atoms with Crippen molar-refractivity contribution in [2.75, 3.05) is 18.6 Å². The van der Waals surface area contributed by atoms with Crippen molar-refractivity contribution in [1.82, 2.24) is 0 Å². The number of ether oxygens (including phenoxy) is 2. The van der Waals surface area contributed by atoms with Crippen LogP contribution in [0, 0.1) is 0 Å².